The van der Waals surface area contributed by atoms with Gasteiger partial charge < -0.3 is 5.32 Å². The van der Waals surface area contributed by atoms with E-state index in [1.54, 1.807) is 0 Å². The Morgan fingerprint density at radius 3 is 1.79 bits per heavy atom. The number of aryl methyl sites for hydroxylation is 1. The van der Waals surface area contributed by atoms with E-state index in [0.717, 1.165) is 23.3 Å². The molecule has 2 rings (SSSR count). The van der Waals surface area contributed by atoms with Crippen molar-refractivity contribution in [3.63, 3.8) is 0 Å². The Labute approximate surface area is 135 Å². The van der Waals surface area contributed by atoms with E-state index in [2.05, 4.69) is 5.32 Å². The van der Waals surface area contributed by atoms with Crippen molar-refractivity contribution in [2.75, 3.05) is 0 Å². The second-order valence-electron chi connectivity index (χ2n) is 5.51. The molecule has 0 spiro atoms. The molecule has 0 fully saturated rings. The van der Waals surface area contributed by atoms with Gasteiger partial charge in [-0.3, -0.25) is 0 Å². The van der Waals surface area contributed by atoms with E-state index >= 15 is 0 Å². The zero-order valence-corrected chi connectivity index (χ0v) is 12.7. The molecule has 0 bridgehead atoms. The van der Waals surface area contributed by atoms with E-state index < -0.39 is 23.5 Å². The smallest absolute Gasteiger partial charge is 0.309 e. The van der Waals surface area contributed by atoms with Crippen molar-refractivity contribution in [3.05, 3.63) is 70.3 Å². The van der Waals surface area contributed by atoms with Crippen LogP contribution in [0.5, 0.6) is 0 Å². The highest BCUT2D eigenvalue weighted by atomic mass is 19.4. The van der Waals surface area contributed by atoms with Gasteiger partial charge >= 0.3 is 12.4 Å². The van der Waals surface area contributed by atoms with Gasteiger partial charge in [0.2, 0.25) is 0 Å². The van der Waals surface area contributed by atoms with Gasteiger partial charge in [0.05, 0.1) is 11.1 Å². The molecule has 0 aromatic heterocycles. The van der Waals surface area contributed by atoms with Crippen LogP contribution in [0.1, 0.15) is 27.8 Å². The summed E-state index contributed by atoms with van der Waals surface area (Å²) in [5, 5.41) is 2.87. The Hall–Kier alpha value is -2.02. The first kappa shape index (κ1) is 18.3. The Balaban J connectivity index is 2.17. The Morgan fingerprint density at radius 2 is 1.29 bits per heavy atom. The second-order valence-corrected chi connectivity index (χ2v) is 5.51. The van der Waals surface area contributed by atoms with Crippen LogP contribution in [0.4, 0.5) is 26.3 Å². The third kappa shape index (κ3) is 4.99. The van der Waals surface area contributed by atoms with Gasteiger partial charge in [0.25, 0.3) is 0 Å². The third-order valence-electron chi connectivity index (χ3n) is 3.39. The summed E-state index contributed by atoms with van der Waals surface area (Å²) in [6.45, 7) is 2.14. The van der Waals surface area contributed by atoms with Crippen LogP contribution in [0.15, 0.2) is 42.5 Å². The van der Waals surface area contributed by atoms with E-state index in [1.807, 2.05) is 31.2 Å². The van der Waals surface area contributed by atoms with Crippen molar-refractivity contribution >= 4 is 0 Å². The lowest BCUT2D eigenvalue weighted by Gasteiger charge is -2.14. The third-order valence-corrected chi connectivity index (χ3v) is 3.39. The predicted molar refractivity (Wildman–Crippen MR) is 78.2 cm³/mol. The van der Waals surface area contributed by atoms with Gasteiger partial charge in [-0.05, 0) is 36.2 Å². The van der Waals surface area contributed by atoms with Crippen LogP contribution in [-0.4, -0.2) is 0 Å². The van der Waals surface area contributed by atoms with Gasteiger partial charge in [0.1, 0.15) is 0 Å². The molecule has 0 aliphatic rings. The zero-order chi connectivity index (χ0) is 18.0. The fourth-order valence-electron chi connectivity index (χ4n) is 2.29. The van der Waals surface area contributed by atoms with Gasteiger partial charge in [-0.15, -0.1) is 0 Å². The molecule has 130 valence electrons. The summed E-state index contributed by atoms with van der Waals surface area (Å²) in [5.74, 6) is 0. The van der Waals surface area contributed by atoms with Gasteiger partial charge in [-0.1, -0.05) is 29.8 Å². The molecule has 0 atom stereocenters. The molecule has 0 amide bonds. The average Bonchev–Trinajstić information content (AvgIpc) is 2.45. The molecule has 0 unspecified atom stereocenters. The van der Waals surface area contributed by atoms with Gasteiger partial charge in [-0.2, -0.15) is 26.3 Å². The van der Waals surface area contributed by atoms with Crippen LogP contribution in [0.25, 0.3) is 0 Å². The second kappa shape index (κ2) is 6.84. The lowest BCUT2D eigenvalue weighted by molar-refractivity contribution is -0.143. The van der Waals surface area contributed by atoms with Crippen LogP contribution in [0, 0.1) is 6.92 Å². The molecule has 0 aliphatic heterocycles. The van der Waals surface area contributed by atoms with E-state index in [9.17, 15) is 26.3 Å². The molecule has 7 heteroatoms. The van der Waals surface area contributed by atoms with Gasteiger partial charge in [0, 0.05) is 13.1 Å². The maximum Gasteiger partial charge on any atom is 0.416 e. The molecule has 0 saturated carbocycles. The number of benzene rings is 2. The molecule has 24 heavy (non-hydrogen) atoms. The largest absolute Gasteiger partial charge is 0.416 e. The molecule has 0 heterocycles. The standard InChI is InChI=1S/C17H15F6N/c1-11-3-2-4-12(5-11)9-24-10-13-6-14(16(18,19)20)8-15(7-13)17(21,22)23/h2-8,24H,9-10H2,1H3. The lowest BCUT2D eigenvalue weighted by Crippen LogP contribution is -2.16. The lowest BCUT2D eigenvalue weighted by atomic mass is 10.0. The number of hydrogen-bond acceptors (Lipinski definition) is 1. The summed E-state index contributed by atoms with van der Waals surface area (Å²) in [4.78, 5) is 0. The van der Waals surface area contributed by atoms with Crippen LogP contribution in [0.2, 0.25) is 0 Å². The Kier molecular flexibility index (Phi) is 5.22. The van der Waals surface area contributed by atoms with E-state index in [1.165, 1.54) is 0 Å². The molecule has 1 N–H and O–H groups in total. The van der Waals surface area contributed by atoms with Crippen molar-refractivity contribution in [2.45, 2.75) is 32.4 Å². The molecule has 2 aromatic rings. The zero-order valence-electron chi connectivity index (χ0n) is 12.7. The number of nitrogens with one attached hydrogen (secondary N) is 1. The molecule has 2 aromatic carbocycles. The van der Waals surface area contributed by atoms with Crippen LogP contribution in [-0.2, 0) is 25.4 Å². The minimum absolute atomic E-state index is 0.0650. The first-order chi connectivity index (χ1) is 11.1. The summed E-state index contributed by atoms with van der Waals surface area (Å²) >= 11 is 0. The summed E-state index contributed by atoms with van der Waals surface area (Å²) in [6, 6.07) is 9.04. The van der Waals surface area contributed by atoms with Gasteiger partial charge in [0.15, 0.2) is 0 Å². The number of hydrogen-bond donors (Lipinski definition) is 1. The van der Waals surface area contributed by atoms with Crippen molar-refractivity contribution in [2.24, 2.45) is 0 Å². The van der Waals surface area contributed by atoms with Crippen LogP contribution in [0.3, 0.4) is 0 Å². The van der Waals surface area contributed by atoms with E-state index in [4.69, 9.17) is 0 Å². The number of alkyl halides is 6. The summed E-state index contributed by atoms with van der Waals surface area (Å²) < 4.78 is 76.7. The normalized spacial score (nSPS) is 12.5. The highest BCUT2D eigenvalue weighted by Gasteiger charge is 2.36. The quantitative estimate of drug-likeness (QED) is 0.738. The van der Waals surface area contributed by atoms with E-state index in [0.29, 0.717) is 6.54 Å². The molecule has 0 aliphatic carbocycles. The monoisotopic (exact) mass is 347 g/mol. The summed E-state index contributed by atoms with van der Waals surface area (Å²) in [5.41, 5.74) is -0.745. The molecular formula is C17H15F6N. The SMILES string of the molecule is Cc1cccc(CNCc2cc(C(F)(F)F)cc(C(F)(F)F)c2)c1. The van der Waals surface area contributed by atoms with Crippen LogP contribution < -0.4 is 5.32 Å². The van der Waals surface area contributed by atoms with Crippen molar-refractivity contribution in [1.82, 2.24) is 5.32 Å². The number of halogens is 6. The molecule has 0 saturated heterocycles. The Bertz CT molecular complexity index is 671. The van der Waals surface area contributed by atoms with Crippen molar-refractivity contribution < 1.29 is 26.3 Å². The maximum atomic E-state index is 12.8. The van der Waals surface area contributed by atoms with Crippen molar-refractivity contribution in [3.8, 4) is 0 Å². The highest BCUT2D eigenvalue weighted by molar-refractivity contribution is 5.33. The minimum Gasteiger partial charge on any atom is -0.309 e. The topological polar surface area (TPSA) is 12.0 Å². The fourth-order valence-corrected chi connectivity index (χ4v) is 2.29. The molecular weight excluding hydrogens is 332 g/mol. The minimum atomic E-state index is -4.83. The molecule has 1 nitrogen and oxygen atoms in total. The first-order valence-electron chi connectivity index (χ1n) is 7.10. The number of rotatable bonds is 4. The highest BCUT2D eigenvalue weighted by Crippen LogP contribution is 2.36. The van der Waals surface area contributed by atoms with Crippen LogP contribution >= 0.6 is 0 Å². The first-order valence-corrected chi connectivity index (χ1v) is 7.10. The summed E-state index contributed by atoms with van der Waals surface area (Å²) in [6.07, 6.45) is -9.65. The van der Waals surface area contributed by atoms with E-state index in [-0.39, 0.29) is 18.2 Å². The summed E-state index contributed by atoms with van der Waals surface area (Å²) in [7, 11) is 0. The Morgan fingerprint density at radius 1 is 0.750 bits per heavy atom. The predicted octanol–water partition coefficient (Wildman–Crippen LogP) is 5.32. The average molecular weight is 347 g/mol. The van der Waals surface area contributed by atoms with Gasteiger partial charge in [-0.25, -0.2) is 0 Å². The van der Waals surface area contributed by atoms with Crippen molar-refractivity contribution in [1.29, 1.82) is 0 Å². The fraction of sp³-hybridized carbons (Fsp3) is 0.294. The maximum absolute atomic E-state index is 12.8. The molecule has 0 radical (unpaired) electrons.